The number of carbonyl (C=O) groups excluding carboxylic acids is 2. The predicted octanol–water partition coefficient (Wildman–Crippen LogP) is 2.71. The summed E-state index contributed by atoms with van der Waals surface area (Å²) in [5.74, 6) is -0.601. The molecule has 2 rings (SSSR count). The van der Waals surface area contributed by atoms with Crippen molar-refractivity contribution in [3.8, 4) is 5.75 Å². The zero-order chi connectivity index (χ0) is 22.8. The zero-order valence-electron chi connectivity index (χ0n) is 17.4. The van der Waals surface area contributed by atoms with Gasteiger partial charge in [0.2, 0.25) is 11.8 Å². The van der Waals surface area contributed by atoms with Crippen LogP contribution in [0.1, 0.15) is 18.9 Å². The zero-order valence-corrected chi connectivity index (χ0v) is 17.4. The van der Waals surface area contributed by atoms with Crippen LogP contribution in [0.25, 0.3) is 0 Å². The molecule has 0 aliphatic carbocycles. The van der Waals surface area contributed by atoms with Crippen LogP contribution in [0.4, 0.5) is 15.8 Å². The van der Waals surface area contributed by atoms with Gasteiger partial charge in [-0.05, 0) is 30.3 Å². The van der Waals surface area contributed by atoms with Crippen LogP contribution < -0.4 is 15.4 Å². The summed E-state index contributed by atoms with van der Waals surface area (Å²) in [5, 5.41) is 16.3. The molecule has 0 unspecified atom stereocenters. The van der Waals surface area contributed by atoms with Crippen molar-refractivity contribution in [1.29, 1.82) is 0 Å². The number of nitro groups is 1. The highest BCUT2D eigenvalue weighted by Crippen LogP contribution is 2.28. The van der Waals surface area contributed by atoms with Gasteiger partial charge in [-0.25, -0.2) is 4.39 Å². The lowest BCUT2D eigenvalue weighted by Crippen LogP contribution is -2.38. The lowest BCUT2D eigenvalue weighted by molar-refractivity contribution is -0.384. The van der Waals surface area contributed by atoms with E-state index in [9.17, 15) is 24.1 Å². The second-order valence-corrected chi connectivity index (χ2v) is 6.71. The fourth-order valence-corrected chi connectivity index (χ4v) is 2.79. The van der Waals surface area contributed by atoms with E-state index >= 15 is 0 Å². The number of likely N-dealkylation sites (N-methyl/N-ethyl adjacent to an activating group) is 1. The molecule has 0 atom stereocenters. The van der Waals surface area contributed by atoms with Gasteiger partial charge >= 0.3 is 0 Å². The smallest absolute Gasteiger partial charge is 0.271 e. The van der Waals surface area contributed by atoms with Gasteiger partial charge in [0.15, 0.2) is 0 Å². The maximum Gasteiger partial charge on any atom is 0.271 e. The third kappa shape index (κ3) is 7.67. The predicted molar refractivity (Wildman–Crippen MR) is 113 cm³/mol. The van der Waals surface area contributed by atoms with Crippen LogP contribution in [-0.2, 0) is 16.1 Å². The SMILES string of the molecule is CCN(CCC(=O)Nc1cc([N+](=O)[O-])ccc1OC)CC(=O)NCc1ccc(F)cc1. The molecule has 0 bridgehead atoms. The number of non-ortho nitro benzene ring substituents is 1. The Morgan fingerprint density at radius 1 is 1.16 bits per heavy atom. The first kappa shape index (κ1) is 23.7. The van der Waals surface area contributed by atoms with E-state index in [-0.39, 0.29) is 48.5 Å². The van der Waals surface area contributed by atoms with Crippen LogP contribution in [0, 0.1) is 15.9 Å². The molecule has 0 aliphatic rings. The molecule has 0 aliphatic heterocycles. The van der Waals surface area contributed by atoms with E-state index < -0.39 is 4.92 Å². The van der Waals surface area contributed by atoms with E-state index in [1.807, 2.05) is 6.92 Å². The van der Waals surface area contributed by atoms with Crippen molar-refractivity contribution in [3.63, 3.8) is 0 Å². The largest absolute Gasteiger partial charge is 0.495 e. The van der Waals surface area contributed by atoms with Crippen molar-refractivity contribution in [1.82, 2.24) is 10.2 Å². The Bertz CT molecular complexity index is 920. The van der Waals surface area contributed by atoms with E-state index in [1.165, 1.54) is 37.4 Å². The summed E-state index contributed by atoms with van der Waals surface area (Å²) in [5.41, 5.74) is 0.828. The Balaban J connectivity index is 1.84. The van der Waals surface area contributed by atoms with E-state index in [0.717, 1.165) is 5.56 Å². The molecule has 2 amide bonds. The second-order valence-electron chi connectivity index (χ2n) is 6.71. The number of halogens is 1. The number of benzene rings is 2. The summed E-state index contributed by atoms with van der Waals surface area (Å²) in [6, 6.07) is 9.79. The number of carbonyl (C=O) groups is 2. The molecular formula is C21H25FN4O5. The Labute approximate surface area is 179 Å². The van der Waals surface area contributed by atoms with Gasteiger partial charge in [0.05, 0.1) is 24.3 Å². The molecule has 9 nitrogen and oxygen atoms in total. The molecule has 2 aromatic rings. The number of hydrogen-bond donors (Lipinski definition) is 2. The summed E-state index contributed by atoms with van der Waals surface area (Å²) in [6.07, 6.45) is 0.0882. The summed E-state index contributed by atoms with van der Waals surface area (Å²) >= 11 is 0. The highest BCUT2D eigenvalue weighted by Gasteiger charge is 2.15. The fraction of sp³-hybridized carbons (Fsp3) is 0.333. The van der Waals surface area contributed by atoms with Crippen LogP contribution in [0.3, 0.4) is 0 Å². The van der Waals surface area contributed by atoms with Gasteiger partial charge < -0.3 is 15.4 Å². The summed E-state index contributed by atoms with van der Waals surface area (Å²) < 4.78 is 18.1. The number of nitrogens with one attached hydrogen (secondary N) is 2. The number of methoxy groups -OCH3 is 1. The average Bonchev–Trinajstić information content (AvgIpc) is 2.76. The number of amides is 2. The minimum absolute atomic E-state index is 0.0882. The van der Waals surface area contributed by atoms with Gasteiger partial charge in [-0.15, -0.1) is 0 Å². The maximum atomic E-state index is 12.9. The van der Waals surface area contributed by atoms with Crippen LogP contribution >= 0.6 is 0 Å². The molecule has 0 spiro atoms. The third-order valence-electron chi connectivity index (χ3n) is 4.54. The minimum atomic E-state index is -0.557. The topological polar surface area (TPSA) is 114 Å². The summed E-state index contributed by atoms with van der Waals surface area (Å²) in [4.78, 5) is 36.7. The number of hydrogen-bond acceptors (Lipinski definition) is 6. The standard InChI is InChI=1S/C21H25FN4O5/c1-3-25(14-21(28)23-13-15-4-6-16(22)7-5-15)11-10-20(27)24-18-12-17(26(29)30)8-9-19(18)31-2/h4-9,12H,3,10-11,13-14H2,1-2H3,(H,23,28)(H,24,27). The molecule has 31 heavy (non-hydrogen) atoms. The number of anilines is 1. The normalized spacial score (nSPS) is 10.6. The first-order valence-corrected chi connectivity index (χ1v) is 9.68. The maximum absolute atomic E-state index is 12.9. The van der Waals surface area contributed by atoms with E-state index in [2.05, 4.69) is 10.6 Å². The average molecular weight is 432 g/mol. The molecule has 2 N–H and O–H groups in total. The van der Waals surface area contributed by atoms with Crippen molar-refractivity contribution >= 4 is 23.2 Å². The van der Waals surface area contributed by atoms with Crippen molar-refractivity contribution in [2.45, 2.75) is 19.9 Å². The molecule has 0 saturated carbocycles. The van der Waals surface area contributed by atoms with Gasteiger partial charge in [-0.1, -0.05) is 19.1 Å². The molecule has 2 aromatic carbocycles. The van der Waals surface area contributed by atoms with E-state index in [4.69, 9.17) is 4.74 Å². The Morgan fingerprint density at radius 2 is 1.87 bits per heavy atom. The van der Waals surface area contributed by atoms with Crippen LogP contribution in [0.2, 0.25) is 0 Å². The van der Waals surface area contributed by atoms with Crippen molar-refractivity contribution in [3.05, 3.63) is 64.0 Å². The lowest BCUT2D eigenvalue weighted by Gasteiger charge is -2.19. The minimum Gasteiger partial charge on any atom is -0.495 e. The van der Waals surface area contributed by atoms with Gasteiger partial charge in [0.1, 0.15) is 11.6 Å². The monoisotopic (exact) mass is 432 g/mol. The van der Waals surface area contributed by atoms with E-state index in [1.54, 1.807) is 17.0 Å². The second kappa shape index (κ2) is 11.6. The van der Waals surface area contributed by atoms with Gasteiger partial charge in [-0.3, -0.25) is 24.6 Å². The molecule has 0 aromatic heterocycles. The van der Waals surface area contributed by atoms with Crippen molar-refractivity contribution in [2.24, 2.45) is 0 Å². The molecule has 0 radical (unpaired) electrons. The fourth-order valence-electron chi connectivity index (χ4n) is 2.79. The Kier molecular flexibility index (Phi) is 8.89. The summed E-state index contributed by atoms with van der Waals surface area (Å²) in [6.45, 7) is 3.13. The molecule has 0 heterocycles. The van der Waals surface area contributed by atoms with Crippen LogP contribution in [0.15, 0.2) is 42.5 Å². The lowest BCUT2D eigenvalue weighted by atomic mass is 10.2. The first-order chi connectivity index (χ1) is 14.8. The highest BCUT2D eigenvalue weighted by atomic mass is 19.1. The van der Waals surface area contributed by atoms with Gasteiger partial charge in [-0.2, -0.15) is 0 Å². The van der Waals surface area contributed by atoms with Crippen LogP contribution in [0.5, 0.6) is 5.75 Å². The van der Waals surface area contributed by atoms with Crippen LogP contribution in [-0.4, -0.2) is 48.4 Å². The number of nitrogens with zero attached hydrogens (tertiary/aromatic N) is 2. The van der Waals surface area contributed by atoms with Crippen molar-refractivity contribution in [2.75, 3.05) is 32.1 Å². The Morgan fingerprint density at radius 3 is 2.48 bits per heavy atom. The first-order valence-electron chi connectivity index (χ1n) is 9.68. The highest BCUT2D eigenvalue weighted by molar-refractivity contribution is 5.92. The summed E-state index contributed by atoms with van der Waals surface area (Å²) in [7, 11) is 1.40. The number of rotatable bonds is 11. The molecule has 10 heteroatoms. The number of nitro benzene ring substituents is 1. The molecule has 0 fully saturated rings. The quantitative estimate of drug-likeness (QED) is 0.417. The van der Waals surface area contributed by atoms with Gasteiger partial charge in [0, 0.05) is 31.6 Å². The molecule has 0 saturated heterocycles. The molecular weight excluding hydrogens is 407 g/mol. The Hall–Kier alpha value is -3.53. The van der Waals surface area contributed by atoms with Gasteiger partial charge in [0.25, 0.3) is 5.69 Å². The third-order valence-corrected chi connectivity index (χ3v) is 4.54. The molecule has 166 valence electrons. The van der Waals surface area contributed by atoms with E-state index in [0.29, 0.717) is 18.8 Å². The number of ether oxygens (including phenoxy) is 1. The van der Waals surface area contributed by atoms with Crippen molar-refractivity contribution < 1.29 is 23.6 Å².